The van der Waals surface area contributed by atoms with Gasteiger partial charge in [0, 0.05) is 13.0 Å². The molecule has 132 valence electrons. The van der Waals surface area contributed by atoms with E-state index in [0.717, 1.165) is 24.0 Å². The van der Waals surface area contributed by atoms with Crippen molar-refractivity contribution in [2.45, 2.75) is 44.9 Å². The molecule has 0 saturated carbocycles. The largest absolute Gasteiger partial charge is 0.348 e. The number of rotatable bonds is 5. The average Bonchev–Trinajstić information content (AvgIpc) is 3.13. The van der Waals surface area contributed by atoms with Crippen LogP contribution >= 0.6 is 0 Å². The lowest BCUT2D eigenvalue weighted by Crippen LogP contribution is -2.40. The van der Waals surface area contributed by atoms with Gasteiger partial charge in [0.1, 0.15) is 5.82 Å². The summed E-state index contributed by atoms with van der Waals surface area (Å²) in [5, 5.41) is 5.83. The van der Waals surface area contributed by atoms with E-state index >= 15 is 0 Å². The van der Waals surface area contributed by atoms with E-state index in [2.05, 4.69) is 17.6 Å². The van der Waals surface area contributed by atoms with E-state index in [1.54, 1.807) is 6.07 Å². The predicted octanol–water partition coefficient (Wildman–Crippen LogP) is 2.90. The van der Waals surface area contributed by atoms with E-state index in [-0.39, 0.29) is 23.8 Å². The zero-order valence-electron chi connectivity index (χ0n) is 14.2. The van der Waals surface area contributed by atoms with Gasteiger partial charge in [-0.2, -0.15) is 0 Å². The van der Waals surface area contributed by atoms with Crippen molar-refractivity contribution in [3.05, 3.63) is 35.1 Å². The third-order valence-electron chi connectivity index (χ3n) is 4.75. The topological polar surface area (TPSA) is 59.6 Å². The van der Waals surface area contributed by atoms with Crippen LogP contribution in [0, 0.1) is 11.7 Å². The first-order valence-corrected chi connectivity index (χ1v) is 8.56. The summed E-state index contributed by atoms with van der Waals surface area (Å²) >= 11 is 0. The van der Waals surface area contributed by atoms with Crippen LogP contribution in [0.5, 0.6) is 0 Å². The van der Waals surface area contributed by atoms with Crippen LogP contribution in [0.25, 0.3) is 0 Å². The minimum atomic E-state index is -0.542. The Morgan fingerprint density at radius 2 is 2.17 bits per heavy atom. The fourth-order valence-corrected chi connectivity index (χ4v) is 3.62. The summed E-state index contributed by atoms with van der Waals surface area (Å²) < 4.78 is 24.9. The van der Waals surface area contributed by atoms with Crippen LogP contribution in [0.3, 0.4) is 0 Å². The Balaban J connectivity index is 1.46. The van der Waals surface area contributed by atoms with E-state index in [1.165, 1.54) is 6.07 Å². The summed E-state index contributed by atoms with van der Waals surface area (Å²) in [6.07, 6.45) is 2.13. The smallest absolute Gasteiger partial charge is 0.315 e. The zero-order chi connectivity index (χ0) is 17.2. The molecule has 2 N–H and O–H groups in total. The monoisotopic (exact) mass is 336 g/mol. The Kier molecular flexibility index (Phi) is 5.06. The number of nitrogens with one attached hydrogen (secondary N) is 2. The predicted molar refractivity (Wildman–Crippen MR) is 88.1 cm³/mol. The molecule has 6 heteroatoms. The van der Waals surface area contributed by atoms with Crippen molar-refractivity contribution in [2.75, 3.05) is 19.8 Å². The van der Waals surface area contributed by atoms with E-state index in [9.17, 15) is 9.18 Å². The third kappa shape index (κ3) is 3.87. The molecule has 24 heavy (non-hydrogen) atoms. The Morgan fingerprint density at radius 3 is 2.92 bits per heavy atom. The number of carbonyl (C=O) groups is 1. The number of halogens is 1. The highest BCUT2D eigenvalue weighted by atomic mass is 19.1. The first kappa shape index (κ1) is 17.2. The number of carbonyl (C=O) groups excluding carboxylic acids is 1. The van der Waals surface area contributed by atoms with E-state index in [1.807, 2.05) is 13.0 Å². The molecule has 1 aliphatic carbocycles. The number of hydrogen-bond donors (Lipinski definition) is 2. The Bertz CT molecular complexity index is 602. The Hall–Kier alpha value is -1.66. The molecule has 1 heterocycles. The normalized spacial score (nSPS) is 22.9. The van der Waals surface area contributed by atoms with Crippen LogP contribution in [-0.2, 0) is 15.9 Å². The number of fused-ring (bicyclic) bond motifs is 1. The van der Waals surface area contributed by atoms with Gasteiger partial charge in [-0.05, 0) is 42.9 Å². The minimum absolute atomic E-state index is 0.120. The van der Waals surface area contributed by atoms with Crippen LogP contribution in [-0.4, -0.2) is 31.6 Å². The SMILES string of the molecule is C[C@H](CNC(=O)N[C@@H]1CCc2c(F)cccc21)CC1(C)OCCO1. The van der Waals surface area contributed by atoms with Gasteiger partial charge in [-0.1, -0.05) is 19.1 Å². The Labute approximate surface area is 141 Å². The molecule has 0 unspecified atom stereocenters. The number of benzene rings is 1. The van der Waals surface area contributed by atoms with Crippen LogP contribution < -0.4 is 10.6 Å². The molecule has 0 radical (unpaired) electrons. The van der Waals surface area contributed by atoms with Crippen LogP contribution in [0.15, 0.2) is 18.2 Å². The highest BCUT2D eigenvalue weighted by Crippen LogP contribution is 2.32. The summed E-state index contributed by atoms with van der Waals surface area (Å²) in [7, 11) is 0. The van der Waals surface area contributed by atoms with Gasteiger partial charge in [0.25, 0.3) is 0 Å². The molecule has 1 saturated heterocycles. The molecule has 1 aromatic rings. The molecule has 5 nitrogen and oxygen atoms in total. The van der Waals surface area contributed by atoms with Crippen molar-refractivity contribution < 1.29 is 18.7 Å². The van der Waals surface area contributed by atoms with Gasteiger partial charge in [0.2, 0.25) is 0 Å². The van der Waals surface area contributed by atoms with Gasteiger partial charge in [-0.3, -0.25) is 0 Å². The molecule has 2 aliphatic rings. The van der Waals surface area contributed by atoms with Gasteiger partial charge < -0.3 is 20.1 Å². The molecule has 1 fully saturated rings. The molecule has 1 aromatic carbocycles. The molecule has 2 atom stereocenters. The number of ether oxygens (including phenoxy) is 2. The number of amides is 2. The lowest BCUT2D eigenvalue weighted by Gasteiger charge is -2.26. The fourth-order valence-electron chi connectivity index (χ4n) is 3.62. The minimum Gasteiger partial charge on any atom is -0.348 e. The standard InChI is InChI=1S/C18H25FN2O3/c1-12(10-18(2)23-8-9-24-18)11-20-17(22)21-16-7-6-13-14(16)4-3-5-15(13)19/h3-5,12,16H,6-11H2,1-2H3,(H2,20,21,22)/t12-,16+/m0/s1. The molecule has 0 bridgehead atoms. The van der Waals surface area contributed by atoms with Crippen LogP contribution in [0.2, 0.25) is 0 Å². The zero-order valence-corrected chi connectivity index (χ0v) is 14.2. The maximum Gasteiger partial charge on any atom is 0.315 e. The second kappa shape index (κ2) is 7.07. The quantitative estimate of drug-likeness (QED) is 0.869. The number of hydrogen-bond acceptors (Lipinski definition) is 3. The van der Waals surface area contributed by atoms with Crippen molar-refractivity contribution in [3.8, 4) is 0 Å². The summed E-state index contributed by atoms with van der Waals surface area (Å²) in [6.45, 7) is 5.76. The van der Waals surface area contributed by atoms with Crippen molar-refractivity contribution in [3.63, 3.8) is 0 Å². The highest BCUT2D eigenvalue weighted by molar-refractivity contribution is 5.74. The van der Waals surface area contributed by atoms with Crippen LogP contribution in [0.1, 0.15) is 43.9 Å². The number of urea groups is 1. The second-order valence-corrected chi connectivity index (χ2v) is 6.89. The Morgan fingerprint density at radius 1 is 1.42 bits per heavy atom. The maximum atomic E-state index is 13.7. The molecular weight excluding hydrogens is 311 g/mol. The van der Waals surface area contributed by atoms with Crippen molar-refractivity contribution >= 4 is 6.03 Å². The summed E-state index contributed by atoms with van der Waals surface area (Å²) in [6, 6.07) is 4.70. The van der Waals surface area contributed by atoms with Crippen molar-refractivity contribution in [2.24, 2.45) is 5.92 Å². The molecule has 3 rings (SSSR count). The molecule has 1 aliphatic heterocycles. The van der Waals surface area contributed by atoms with Crippen LogP contribution in [0.4, 0.5) is 9.18 Å². The van der Waals surface area contributed by atoms with E-state index in [0.29, 0.717) is 26.2 Å². The third-order valence-corrected chi connectivity index (χ3v) is 4.75. The van der Waals surface area contributed by atoms with Gasteiger partial charge in [0.15, 0.2) is 5.79 Å². The highest BCUT2D eigenvalue weighted by Gasteiger charge is 2.32. The summed E-state index contributed by atoms with van der Waals surface area (Å²) in [5.74, 6) is -0.498. The van der Waals surface area contributed by atoms with Gasteiger partial charge >= 0.3 is 6.03 Å². The molecule has 0 aromatic heterocycles. The van der Waals surface area contributed by atoms with Crippen molar-refractivity contribution in [1.82, 2.24) is 10.6 Å². The van der Waals surface area contributed by atoms with Gasteiger partial charge in [-0.25, -0.2) is 9.18 Å². The van der Waals surface area contributed by atoms with Gasteiger partial charge in [-0.15, -0.1) is 0 Å². The summed E-state index contributed by atoms with van der Waals surface area (Å²) in [5.41, 5.74) is 1.61. The van der Waals surface area contributed by atoms with E-state index < -0.39 is 5.79 Å². The first-order chi connectivity index (χ1) is 11.5. The molecular formula is C18H25FN2O3. The lowest BCUT2D eigenvalue weighted by atomic mass is 10.0. The fraction of sp³-hybridized carbons (Fsp3) is 0.611. The maximum absolute atomic E-state index is 13.7. The molecule has 0 spiro atoms. The average molecular weight is 336 g/mol. The van der Waals surface area contributed by atoms with E-state index in [4.69, 9.17) is 9.47 Å². The van der Waals surface area contributed by atoms with Crippen molar-refractivity contribution in [1.29, 1.82) is 0 Å². The lowest BCUT2D eigenvalue weighted by molar-refractivity contribution is -0.153. The first-order valence-electron chi connectivity index (χ1n) is 8.56. The second-order valence-electron chi connectivity index (χ2n) is 6.89. The summed E-state index contributed by atoms with van der Waals surface area (Å²) in [4.78, 5) is 12.1. The molecule has 2 amide bonds. The van der Waals surface area contributed by atoms with Gasteiger partial charge in [0.05, 0.1) is 19.3 Å².